The first-order valence-electron chi connectivity index (χ1n) is 13.9. The van der Waals surface area contributed by atoms with Crippen LogP contribution in [0.4, 0.5) is 10.9 Å². The summed E-state index contributed by atoms with van der Waals surface area (Å²) in [6, 6.07) is 7.55. The van der Waals surface area contributed by atoms with Gasteiger partial charge in [-0.2, -0.15) is 13.5 Å². The third kappa shape index (κ3) is 7.02. The predicted molar refractivity (Wildman–Crippen MR) is 163 cm³/mol. The van der Waals surface area contributed by atoms with Crippen molar-refractivity contribution in [3.63, 3.8) is 0 Å². The molecule has 2 fully saturated rings. The Morgan fingerprint density at radius 1 is 1.33 bits per heavy atom. The van der Waals surface area contributed by atoms with E-state index in [9.17, 15) is 27.9 Å². The zero-order valence-electron chi connectivity index (χ0n) is 24.9. The lowest BCUT2D eigenvalue weighted by atomic mass is 9.74. The number of anilines is 2. The fourth-order valence-electron chi connectivity index (χ4n) is 4.93. The number of benzene rings is 1. The molecule has 2 aromatic heterocycles. The second-order valence-corrected chi connectivity index (χ2v) is 13.1. The first-order valence-corrected chi connectivity index (χ1v) is 16.1. The highest BCUT2D eigenvalue weighted by Crippen LogP contribution is 2.40. The number of Topliss-reactive ketones (excluding diaryl/α,β-unsaturated/α-hetero) is 1. The molecule has 2 aliphatic heterocycles. The molecule has 19 heteroatoms. The number of hydrogen-bond acceptors (Lipinski definition) is 14. The Bertz CT molecular complexity index is 1820. The van der Waals surface area contributed by atoms with Crippen LogP contribution in [0.2, 0.25) is 0 Å². The minimum absolute atomic E-state index is 0.0158. The fraction of sp³-hybridized carbons (Fsp3) is 0.407. The lowest BCUT2D eigenvalue weighted by Crippen LogP contribution is -2.68. The number of carboxylic acid groups (broad SMARTS) is 1. The topological polar surface area (TPSA) is 236 Å². The number of carbonyl (C=O) groups excluding carboxylic acids is 2. The van der Waals surface area contributed by atoms with Crippen molar-refractivity contribution in [1.29, 1.82) is 0 Å². The molecule has 6 N–H and O–H groups in total. The molecule has 2 atom stereocenters. The fourth-order valence-corrected chi connectivity index (χ4v) is 5.93. The summed E-state index contributed by atoms with van der Waals surface area (Å²) in [5, 5.41) is 24.1. The number of β-lactam (4-membered cyclic amide) rings is 1. The third-order valence-corrected chi connectivity index (χ3v) is 8.65. The highest BCUT2D eigenvalue weighted by Gasteiger charge is 2.57. The zero-order chi connectivity index (χ0) is 33.4. The van der Waals surface area contributed by atoms with Gasteiger partial charge in [-0.1, -0.05) is 5.16 Å². The zero-order valence-corrected chi connectivity index (χ0v) is 26.5. The summed E-state index contributed by atoms with van der Waals surface area (Å²) < 4.78 is 43.3. The van der Waals surface area contributed by atoms with Gasteiger partial charge in [0, 0.05) is 24.9 Å². The van der Waals surface area contributed by atoms with Crippen LogP contribution in [-0.4, -0.2) is 88.9 Å². The molecular formula is C27H32N7O10S2+. The number of pyridine rings is 1. The van der Waals surface area contributed by atoms with Crippen LogP contribution in [0.25, 0.3) is 10.8 Å². The predicted octanol–water partition coefficient (Wildman–Crippen LogP) is 0.270. The average molecular weight is 679 g/mol. The summed E-state index contributed by atoms with van der Waals surface area (Å²) in [6.45, 7) is 4.11. The molecule has 0 bridgehead atoms. The minimum Gasteiger partial charge on any atom is -0.489 e. The maximum absolute atomic E-state index is 13.4. The molecular weight excluding hydrogens is 646 g/mol. The van der Waals surface area contributed by atoms with Crippen LogP contribution < -0.4 is 25.7 Å². The van der Waals surface area contributed by atoms with E-state index in [0.29, 0.717) is 16.9 Å². The Hall–Kier alpha value is -4.43. The number of aryl methyl sites for hydroxylation is 1. The van der Waals surface area contributed by atoms with E-state index in [1.54, 1.807) is 12.1 Å². The van der Waals surface area contributed by atoms with Gasteiger partial charge in [-0.25, -0.2) is 14.3 Å². The van der Waals surface area contributed by atoms with E-state index in [0.717, 1.165) is 41.0 Å². The number of nitrogens with one attached hydrogen (secondary N) is 2. The molecule has 2 saturated heterocycles. The quantitative estimate of drug-likeness (QED) is 0.0506. The third-order valence-electron chi connectivity index (χ3n) is 7.64. The highest BCUT2D eigenvalue weighted by molar-refractivity contribution is 7.80. The average Bonchev–Trinajstić information content (AvgIpc) is 3.39. The van der Waals surface area contributed by atoms with E-state index in [1.165, 1.54) is 19.2 Å². The van der Waals surface area contributed by atoms with Crippen molar-refractivity contribution in [3.05, 3.63) is 41.5 Å². The van der Waals surface area contributed by atoms with Crippen LogP contribution in [0.3, 0.4) is 0 Å². The Morgan fingerprint density at radius 3 is 2.65 bits per heavy atom. The van der Waals surface area contributed by atoms with Crippen molar-refractivity contribution in [1.82, 2.24) is 15.4 Å². The van der Waals surface area contributed by atoms with Gasteiger partial charge in [-0.05, 0) is 43.5 Å². The first-order chi connectivity index (χ1) is 21.6. The van der Waals surface area contributed by atoms with Gasteiger partial charge in [0.1, 0.15) is 24.1 Å². The molecule has 0 aliphatic carbocycles. The van der Waals surface area contributed by atoms with Gasteiger partial charge < -0.3 is 25.7 Å². The number of amides is 1. The summed E-state index contributed by atoms with van der Waals surface area (Å²) in [6.07, 6.45) is -0.236. The van der Waals surface area contributed by atoms with Crippen LogP contribution in [0.15, 0.2) is 41.0 Å². The molecule has 1 aromatic carbocycles. The molecule has 2 unspecified atom stereocenters. The smallest absolute Gasteiger partial charge is 0.418 e. The van der Waals surface area contributed by atoms with Crippen LogP contribution in [0.5, 0.6) is 5.75 Å². The van der Waals surface area contributed by atoms with Crippen LogP contribution in [-0.2, 0) is 41.0 Å². The van der Waals surface area contributed by atoms with E-state index in [2.05, 4.69) is 25.1 Å². The van der Waals surface area contributed by atoms with Crippen molar-refractivity contribution >= 4 is 66.8 Å². The normalized spacial score (nSPS) is 18.9. The summed E-state index contributed by atoms with van der Waals surface area (Å²) in [4.78, 5) is 47.3. The number of nitrogen functional groups attached to an aromatic ring is 1. The van der Waals surface area contributed by atoms with Crippen molar-refractivity contribution in [2.75, 3.05) is 30.7 Å². The lowest BCUT2D eigenvalue weighted by molar-refractivity contribution is -0.656. The maximum atomic E-state index is 13.4. The van der Waals surface area contributed by atoms with Gasteiger partial charge in [-0.3, -0.25) is 19.5 Å². The van der Waals surface area contributed by atoms with Gasteiger partial charge in [0.15, 0.2) is 16.6 Å². The molecule has 0 radical (unpaired) electrons. The number of aromatic nitrogens is 2. The monoisotopic (exact) mass is 678 g/mol. The molecule has 17 nitrogen and oxygen atoms in total. The molecule has 0 spiro atoms. The standard InChI is InChI=1S/C27H31N7O10S2/c1-27(2)18(24(36)34(27)44-46(39,40)41)9-20(35)22(19-13-45-26(28)31-19)32-43-21(25(37)38)12-42-16-4-5-17-14(8-16)6-7-33(3)23(17)30-15-10-29-11-15/h4-8,13,15,18,21,29H,9-12H2,1-3H3,(H4,28,31,37,38,39,40,41)/p+1/b32-22-. The van der Waals surface area contributed by atoms with Crippen LogP contribution in [0, 0.1) is 5.92 Å². The van der Waals surface area contributed by atoms with Crippen molar-refractivity contribution in [2.24, 2.45) is 18.1 Å². The largest absolute Gasteiger partial charge is 0.489 e. The van der Waals surface area contributed by atoms with Gasteiger partial charge in [0.2, 0.25) is 0 Å². The minimum atomic E-state index is -4.99. The van der Waals surface area contributed by atoms with Crippen molar-refractivity contribution in [3.8, 4) is 5.75 Å². The summed E-state index contributed by atoms with van der Waals surface area (Å²) >= 11 is 0.992. The Morgan fingerprint density at radius 2 is 2.07 bits per heavy atom. The number of hydroxylamine groups is 2. The molecule has 2 aliphatic rings. The van der Waals surface area contributed by atoms with Crippen LogP contribution >= 0.6 is 11.3 Å². The number of hydrogen-bond donors (Lipinski definition) is 5. The number of thiazole rings is 1. The summed E-state index contributed by atoms with van der Waals surface area (Å²) in [5.74, 6) is -2.83. The van der Waals surface area contributed by atoms with E-state index in [4.69, 9.17) is 19.9 Å². The van der Waals surface area contributed by atoms with Gasteiger partial charge in [0.05, 0.1) is 30.1 Å². The molecule has 0 saturated carbocycles. The SMILES string of the molecule is C[n+]1ccc2cc(OCC(O/N=C(\C(=O)CC3C(=O)N(OS(=O)(=O)O)C3(C)C)c3csc(N)n3)C(=O)O)ccc2c1NC1CNC1. The number of carbonyl (C=O) groups is 3. The number of ether oxygens (including phenoxy) is 1. The number of oxime groups is 1. The molecule has 246 valence electrons. The summed E-state index contributed by atoms with van der Waals surface area (Å²) in [7, 11) is -3.05. The number of ketones is 1. The Kier molecular flexibility index (Phi) is 9.14. The molecule has 1 amide bonds. The van der Waals surface area contributed by atoms with E-state index < -0.39 is 64.4 Å². The number of carboxylic acids is 1. The number of nitrogens with two attached hydrogens (primary N) is 1. The maximum Gasteiger partial charge on any atom is 0.418 e. The van der Waals surface area contributed by atoms with Gasteiger partial charge in [-0.15, -0.1) is 15.6 Å². The highest BCUT2D eigenvalue weighted by atomic mass is 32.3. The second-order valence-electron chi connectivity index (χ2n) is 11.2. The van der Waals surface area contributed by atoms with Gasteiger partial charge >= 0.3 is 16.4 Å². The second kappa shape index (κ2) is 12.8. The van der Waals surface area contributed by atoms with Crippen molar-refractivity contribution in [2.45, 2.75) is 38.0 Å². The van der Waals surface area contributed by atoms with E-state index in [-0.39, 0.29) is 10.8 Å². The number of aliphatic carboxylic acids is 1. The lowest BCUT2D eigenvalue weighted by Gasteiger charge is -2.50. The Labute approximate surface area is 266 Å². The van der Waals surface area contributed by atoms with E-state index >= 15 is 0 Å². The summed E-state index contributed by atoms with van der Waals surface area (Å²) in [5.41, 5.74) is 3.99. The Balaban J connectivity index is 1.30. The van der Waals surface area contributed by atoms with Crippen LogP contribution in [0.1, 0.15) is 26.0 Å². The molecule has 46 heavy (non-hydrogen) atoms. The van der Waals surface area contributed by atoms with Gasteiger partial charge in [0.25, 0.3) is 17.8 Å². The number of rotatable bonds is 14. The number of fused-ring (bicyclic) bond motifs is 1. The molecule has 5 rings (SSSR count). The number of nitrogens with zero attached hydrogens (tertiary/aromatic N) is 4. The van der Waals surface area contributed by atoms with E-state index in [1.807, 2.05) is 29.9 Å². The molecule has 4 heterocycles. The molecule has 3 aromatic rings. The first kappa shape index (κ1) is 32.9. The van der Waals surface area contributed by atoms with Crippen molar-refractivity contribution < 1.29 is 50.9 Å².